The van der Waals surface area contributed by atoms with Gasteiger partial charge in [-0.2, -0.15) is 0 Å². The molecule has 0 bridgehead atoms. The average Bonchev–Trinajstić information content (AvgIpc) is 2.74. The summed E-state index contributed by atoms with van der Waals surface area (Å²) in [4.78, 5) is 24.2. The molecule has 0 aliphatic heterocycles. The number of ether oxygens (including phenoxy) is 3. The van der Waals surface area contributed by atoms with Crippen molar-refractivity contribution in [2.75, 3.05) is 13.2 Å². The lowest BCUT2D eigenvalue weighted by atomic mass is 10.1. The molecule has 3 aromatic rings. The quantitative estimate of drug-likeness (QED) is 0.359. The molecule has 0 radical (unpaired) electrons. The smallest absolute Gasteiger partial charge is 0.349 e. The van der Waals surface area contributed by atoms with Crippen molar-refractivity contribution in [3.8, 4) is 22.6 Å². The summed E-state index contributed by atoms with van der Waals surface area (Å²) in [6, 6.07) is 22.0. The molecule has 0 fully saturated rings. The Kier molecular flexibility index (Phi) is 7.03. The van der Waals surface area contributed by atoms with Crippen LogP contribution < -0.4 is 9.47 Å². The Bertz CT molecular complexity index is 1000. The van der Waals surface area contributed by atoms with Crippen molar-refractivity contribution >= 4 is 27.9 Å². The minimum atomic E-state index is -0.624. The van der Waals surface area contributed by atoms with Gasteiger partial charge in [-0.15, -0.1) is 0 Å². The molecule has 29 heavy (non-hydrogen) atoms. The van der Waals surface area contributed by atoms with Crippen LogP contribution in [0, 0.1) is 0 Å². The predicted octanol–water partition coefficient (Wildman–Crippen LogP) is 5.28. The second kappa shape index (κ2) is 9.89. The fraction of sp³-hybridized carbons (Fsp3) is 0.130. The first-order valence-corrected chi connectivity index (χ1v) is 9.82. The van der Waals surface area contributed by atoms with Gasteiger partial charge in [-0.25, -0.2) is 9.59 Å². The normalized spacial score (nSPS) is 10.3. The van der Waals surface area contributed by atoms with E-state index in [1.165, 1.54) is 6.07 Å². The number of rotatable bonds is 7. The highest BCUT2D eigenvalue weighted by atomic mass is 79.9. The molecule has 0 amide bonds. The molecule has 6 heteroatoms. The highest BCUT2D eigenvalue weighted by Crippen LogP contribution is 2.30. The van der Waals surface area contributed by atoms with Crippen LogP contribution in [-0.2, 0) is 9.53 Å². The number of carbonyl (C=O) groups excluding carboxylic acids is 2. The average molecular weight is 455 g/mol. The Morgan fingerprint density at radius 2 is 1.59 bits per heavy atom. The van der Waals surface area contributed by atoms with E-state index in [1.54, 1.807) is 31.2 Å². The van der Waals surface area contributed by atoms with Crippen molar-refractivity contribution in [1.82, 2.24) is 0 Å². The maximum Gasteiger partial charge on any atom is 0.349 e. The second-order valence-corrected chi connectivity index (χ2v) is 6.84. The monoisotopic (exact) mass is 454 g/mol. The van der Waals surface area contributed by atoms with E-state index in [-0.39, 0.29) is 24.5 Å². The summed E-state index contributed by atoms with van der Waals surface area (Å²) in [6.45, 7) is 1.64. The summed E-state index contributed by atoms with van der Waals surface area (Å²) in [7, 11) is 0. The molecule has 0 aromatic heterocycles. The van der Waals surface area contributed by atoms with Crippen LogP contribution in [0.15, 0.2) is 77.3 Å². The topological polar surface area (TPSA) is 61.8 Å². The third-order valence-corrected chi connectivity index (χ3v) is 4.61. The lowest BCUT2D eigenvalue weighted by Gasteiger charge is -2.11. The van der Waals surface area contributed by atoms with Crippen molar-refractivity contribution in [2.45, 2.75) is 6.92 Å². The molecule has 0 N–H and O–H groups in total. The van der Waals surface area contributed by atoms with Crippen molar-refractivity contribution < 1.29 is 23.8 Å². The van der Waals surface area contributed by atoms with Crippen LogP contribution >= 0.6 is 15.9 Å². The van der Waals surface area contributed by atoms with Gasteiger partial charge in [0.05, 0.1) is 11.1 Å². The van der Waals surface area contributed by atoms with Gasteiger partial charge in [0.25, 0.3) is 0 Å². The molecular formula is C23H19BrO5. The zero-order valence-corrected chi connectivity index (χ0v) is 17.3. The number of benzene rings is 3. The molecule has 0 aliphatic carbocycles. The molecule has 5 nitrogen and oxygen atoms in total. The van der Waals surface area contributed by atoms with Crippen molar-refractivity contribution in [1.29, 1.82) is 0 Å². The van der Waals surface area contributed by atoms with E-state index in [0.29, 0.717) is 5.75 Å². The Morgan fingerprint density at radius 1 is 0.862 bits per heavy atom. The molecular weight excluding hydrogens is 436 g/mol. The van der Waals surface area contributed by atoms with Gasteiger partial charge in [0.1, 0.15) is 17.1 Å². The van der Waals surface area contributed by atoms with Crippen molar-refractivity contribution in [3.05, 3.63) is 82.8 Å². The van der Waals surface area contributed by atoms with Gasteiger partial charge in [-0.3, -0.25) is 0 Å². The van der Waals surface area contributed by atoms with Crippen LogP contribution in [0.25, 0.3) is 11.1 Å². The zero-order valence-electron chi connectivity index (χ0n) is 15.8. The van der Waals surface area contributed by atoms with Crippen LogP contribution in [0.4, 0.5) is 0 Å². The first kappa shape index (κ1) is 20.6. The molecule has 0 heterocycles. The molecule has 0 saturated carbocycles. The summed E-state index contributed by atoms with van der Waals surface area (Å²) in [6.07, 6.45) is 0. The van der Waals surface area contributed by atoms with E-state index in [0.717, 1.165) is 15.6 Å². The number of carbonyl (C=O) groups is 2. The predicted molar refractivity (Wildman–Crippen MR) is 113 cm³/mol. The zero-order chi connectivity index (χ0) is 20.6. The molecule has 148 valence electrons. The van der Waals surface area contributed by atoms with Gasteiger partial charge in [-0.1, -0.05) is 48.5 Å². The Hall–Kier alpha value is -3.12. The summed E-state index contributed by atoms with van der Waals surface area (Å²) < 4.78 is 16.6. The highest BCUT2D eigenvalue weighted by Gasteiger charge is 2.16. The van der Waals surface area contributed by atoms with Crippen molar-refractivity contribution in [3.63, 3.8) is 0 Å². The van der Waals surface area contributed by atoms with Gasteiger partial charge < -0.3 is 14.2 Å². The maximum atomic E-state index is 12.2. The second-order valence-electron chi connectivity index (χ2n) is 5.99. The number of esters is 2. The summed E-state index contributed by atoms with van der Waals surface area (Å²) >= 11 is 3.47. The lowest BCUT2D eigenvalue weighted by Crippen LogP contribution is -2.19. The van der Waals surface area contributed by atoms with E-state index in [2.05, 4.69) is 15.9 Å². The van der Waals surface area contributed by atoms with E-state index in [9.17, 15) is 9.59 Å². The van der Waals surface area contributed by atoms with E-state index >= 15 is 0 Å². The Balaban J connectivity index is 1.64. The van der Waals surface area contributed by atoms with Crippen LogP contribution in [0.2, 0.25) is 0 Å². The van der Waals surface area contributed by atoms with Crippen LogP contribution in [-0.4, -0.2) is 25.2 Å². The molecule has 0 saturated heterocycles. The Morgan fingerprint density at radius 3 is 2.31 bits per heavy atom. The molecule has 0 aliphatic rings. The largest absolute Gasteiger partial charge is 0.481 e. The van der Waals surface area contributed by atoms with Gasteiger partial charge >= 0.3 is 11.9 Å². The van der Waals surface area contributed by atoms with Crippen LogP contribution in [0.1, 0.15) is 17.3 Å². The van der Waals surface area contributed by atoms with E-state index in [4.69, 9.17) is 14.2 Å². The number of hydrogen-bond acceptors (Lipinski definition) is 5. The first-order chi connectivity index (χ1) is 14.1. The van der Waals surface area contributed by atoms with Crippen LogP contribution in [0.3, 0.4) is 0 Å². The molecule has 0 atom stereocenters. The van der Waals surface area contributed by atoms with Gasteiger partial charge in [0.2, 0.25) is 0 Å². The standard InChI is InChI=1S/C23H19BrO5/c1-2-27-23(26)18-10-6-7-11-20(18)29-22(25)15-28-21-13-12-17(14-19(21)24)16-8-4-3-5-9-16/h3-14H,2,15H2,1H3. The fourth-order valence-electron chi connectivity index (χ4n) is 2.65. The minimum absolute atomic E-state index is 0.137. The van der Waals surface area contributed by atoms with E-state index in [1.807, 2.05) is 42.5 Å². The molecule has 0 unspecified atom stereocenters. The van der Waals surface area contributed by atoms with Crippen molar-refractivity contribution in [2.24, 2.45) is 0 Å². The summed E-state index contributed by atoms with van der Waals surface area (Å²) in [5.74, 6) is -0.518. The number of halogens is 1. The summed E-state index contributed by atoms with van der Waals surface area (Å²) in [5.41, 5.74) is 2.29. The van der Waals surface area contributed by atoms with Crippen LogP contribution in [0.5, 0.6) is 11.5 Å². The molecule has 3 rings (SSSR count). The highest BCUT2D eigenvalue weighted by molar-refractivity contribution is 9.10. The maximum absolute atomic E-state index is 12.2. The fourth-order valence-corrected chi connectivity index (χ4v) is 3.14. The Labute approximate surface area is 177 Å². The lowest BCUT2D eigenvalue weighted by molar-refractivity contribution is -0.136. The van der Waals surface area contributed by atoms with Gasteiger partial charge in [-0.05, 0) is 58.2 Å². The van der Waals surface area contributed by atoms with Gasteiger partial charge in [0, 0.05) is 0 Å². The first-order valence-electron chi connectivity index (χ1n) is 9.03. The minimum Gasteiger partial charge on any atom is -0.481 e. The SMILES string of the molecule is CCOC(=O)c1ccccc1OC(=O)COc1ccc(-c2ccccc2)cc1Br. The van der Waals surface area contributed by atoms with Gasteiger partial charge in [0.15, 0.2) is 6.61 Å². The van der Waals surface area contributed by atoms with E-state index < -0.39 is 11.9 Å². The molecule has 3 aromatic carbocycles. The number of hydrogen-bond donors (Lipinski definition) is 0. The number of para-hydroxylation sites is 1. The third-order valence-electron chi connectivity index (χ3n) is 3.99. The molecule has 0 spiro atoms. The third kappa shape index (κ3) is 5.45. The summed E-state index contributed by atoms with van der Waals surface area (Å²) in [5, 5.41) is 0.